The van der Waals surface area contributed by atoms with Crippen LogP contribution in [0.5, 0.6) is 5.75 Å². The van der Waals surface area contributed by atoms with E-state index in [0.29, 0.717) is 5.75 Å². The normalized spacial score (nSPS) is 20.2. The molecule has 1 N–H and O–H groups in total. The average molecular weight is 328 g/mol. The van der Waals surface area contributed by atoms with Crippen molar-refractivity contribution in [3.05, 3.63) is 60.5 Å². The number of fused-ring (bicyclic) bond motifs is 1. The molecule has 1 unspecified atom stereocenters. The van der Waals surface area contributed by atoms with Gasteiger partial charge in [0.15, 0.2) is 0 Å². The summed E-state index contributed by atoms with van der Waals surface area (Å²) in [6.45, 7) is 3.11. The Labute approximate surface area is 141 Å². The molecule has 1 aromatic heterocycles. The van der Waals surface area contributed by atoms with Crippen molar-refractivity contribution in [2.24, 2.45) is 0 Å². The number of nitrogens with one attached hydrogen (secondary N) is 1. The number of hydrogen-bond acceptors (Lipinski definition) is 4. The fourth-order valence-corrected chi connectivity index (χ4v) is 2.67. The standard InChI is InChI=1S/C19H21FN2O2/c1-18(2,23-3)19(10-6-7-11-21-19)24-17-12-14-8-4-5-9-15(14)22-16(17)13-20/h4-12,21H,13H2,1-3H3. The number of allylic oxidation sites excluding steroid dienone is 2. The largest absolute Gasteiger partial charge is 0.459 e. The van der Waals surface area contributed by atoms with Gasteiger partial charge in [-0.3, -0.25) is 0 Å². The van der Waals surface area contributed by atoms with Crippen molar-refractivity contribution in [1.82, 2.24) is 10.3 Å². The van der Waals surface area contributed by atoms with Gasteiger partial charge in [-0.2, -0.15) is 0 Å². The van der Waals surface area contributed by atoms with E-state index in [1.165, 1.54) is 0 Å². The van der Waals surface area contributed by atoms with Crippen LogP contribution in [0, 0.1) is 0 Å². The molecule has 1 atom stereocenters. The van der Waals surface area contributed by atoms with E-state index in [2.05, 4.69) is 10.3 Å². The summed E-state index contributed by atoms with van der Waals surface area (Å²) in [6, 6.07) is 9.39. The quantitative estimate of drug-likeness (QED) is 0.905. The van der Waals surface area contributed by atoms with Gasteiger partial charge in [-0.05, 0) is 38.1 Å². The molecule has 0 spiro atoms. The molecular weight excluding hydrogens is 307 g/mol. The molecule has 4 nitrogen and oxygen atoms in total. The van der Waals surface area contributed by atoms with E-state index >= 15 is 0 Å². The minimum Gasteiger partial charge on any atom is -0.459 e. The van der Waals surface area contributed by atoms with Gasteiger partial charge in [0.25, 0.3) is 0 Å². The van der Waals surface area contributed by atoms with Gasteiger partial charge in [-0.15, -0.1) is 0 Å². The Balaban J connectivity index is 2.09. The van der Waals surface area contributed by atoms with Gasteiger partial charge in [0.1, 0.15) is 23.7 Å². The number of halogens is 1. The van der Waals surface area contributed by atoms with Crippen molar-refractivity contribution in [2.75, 3.05) is 7.11 Å². The lowest BCUT2D eigenvalue weighted by Gasteiger charge is -2.44. The van der Waals surface area contributed by atoms with Crippen molar-refractivity contribution in [3.63, 3.8) is 0 Å². The molecule has 1 aromatic carbocycles. The van der Waals surface area contributed by atoms with Gasteiger partial charge < -0.3 is 14.8 Å². The monoisotopic (exact) mass is 328 g/mol. The molecule has 2 heterocycles. The minimum absolute atomic E-state index is 0.268. The van der Waals surface area contributed by atoms with Crippen molar-refractivity contribution in [3.8, 4) is 5.75 Å². The minimum atomic E-state index is -0.968. The zero-order chi connectivity index (χ0) is 17.2. The predicted molar refractivity (Wildman–Crippen MR) is 92.4 cm³/mol. The molecule has 126 valence electrons. The van der Waals surface area contributed by atoms with E-state index in [-0.39, 0.29) is 5.69 Å². The SMILES string of the molecule is COC(C)(C)C1(Oc2cc3ccccc3nc2CF)C=CC=CN1. The van der Waals surface area contributed by atoms with Crippen LogP contribution >= 0.6 is 0 Å². The number of para-hydroxylation sites is 1. The maximum atomic E-state index is 13.5. The number of aromatic nitrogens is 1. The number of hydrogen-bond donors (Lipinski definition) is 1. The molecular formula is C19H21FN2O2. The van der Waals surface area contributed by atoms with Gasteiger partial charge in [-0.1, -0.05) is 24.3 Å². The molecule has 0 saturated carbocycles. The number of alkyl halides is 1. The average Bonchev–Trinajstić information content (AvgIpc) is 2.61. The van der Waals surface area contributed by atoms with E-state index in [1.54, 1.807) is 13.3 Å². The molecule has 0 aliphatic carbocycles. The first-order valence-electron chi connectivity index (χ1n) is 7.82. The third kappa shape index (κ3) is 2.76. The van der Waals surface area contributed by atoms with E-state index in [1.807, 2.05) is 62.4 Å². The number of ether oxygens (including phenoxy) is 2. The van der Waals surface area contributed by atoms with Crippen molar-refractivity contribution in [1.29, 1.82) is 0 Å². The molecule has 1 aliphatic heterocycles. The number of dihydropyridines is 1. The first-order chi connectivity index (χ1) is 11.5. The molecule has 0 saturated heterocycles. The predicted octanol–water partition coefficient (Wildman–Crippen LogP) is 3.88. The number of pyridine rings is 1. The Morgan fingerprint density at radius 3 is 2.71 bits per heavy atom. The van der Waals surface area contributed by atoms with Crippen LogP contribution in [0.2, 0.25) is 0 Å². The summed E-state index contributed by atoms with van der Waals surface area (Å²) in [4.78, 5) is 4.39. The Kier molecular flexibility index (Phi) is 4.28. The summed E-state index contributed by atoms with van der Waals surface area (Å²) < 4.78 is 25.4. The summed E-state index contributed by atoms with van der Waals surface area (Å²) in [5, 5.41) is 4.10. The maximum Gasteiger partial charge on any atom is 0.228 e. The second-order valence-corrected chi connectivity index (χ2v) is 6.17. The summed E-state index contributed by atoms with van der Waals surface area (Å²) >= 11 is 0. The van der Waals surface area contributed by atoms with Gasteiger partial charge in [-0.25, -0.2) is 9.37 Å². The molecule has 0 radical (unpaired) electrons. The Hall–Kier alpha value is -2.40. The maximum absolute atomic E-state index is 13.5. The number of benzene rings is 1. The molecule has 24 heavy (non-hydrogen) atoms. The van der Waals surface area contributed by atoms with Crippen molar-refractivity contribution >= 4 is 10.9 Å². The third-order valence-corrected chi connectivity index (χ3v) is 4.40. The first-order valence-corrected chi connectivity index (χ1v) is 7.82. The van der Waals surface area contributed by atoms with Crippen LogP contribution in [0.1, 0.15) is 19.5 Å². The lowest BCUT2D eigenvalue weighted by molar-refractivity contribution is -0.120. The highest BCUT2D eigenvalue weighted by Crippen LogP contribution is 2.34. The zero-order valence-electron chi connectivity index (χ0n) is 14.0. The van der Waals surface area contributed by atoms with Crippen LogP contribution in [0.3, 0.4) is 0 Å². The summed E-state index contributed by atoms with van der Waals surface area (Å²) in [5.41, 5.74) is -0.660. The number of nitrogens with zero attached hydrogens (tertiary/aromatic N) is 1. The summed E-state index contributed by atoms with van der Waals surface area (Å²) in [7, 11) is 1.62. The van der Waals surface area contributed by atoms with Gasteiger partial charge in [0, 0.05) is 18.7 Å². The van der Waals surface area contributed by atoms with E-state index in [0.717, 1.165) is 10.9 Å². The molecule has 2 aromatic rings. The molecule has 0 bridgehead atoms. The molecule has 0 amide bonds. The van der Waals surface area contributed by atoms with Crippen LogP contribution in [0.15, 0.2) is 54.8 Å². The fraction of sp³-hybridized carbons (Fsp3) is 0.316. The van der Waals surface area contributed by atoms with E-state index in [9.17, 15) is 4.39 Å². The summed E-state index contributed by atoms with van der Waals surface area (Å²) in [5.74, 6) is 0.397. The lowest BCUT2D eigenvalue weighted by Crippen LogP contribution is -2.62. The topological polar surface area (TPSA) is 43.4 Å². The second-order valence-electron chi connectivity index (χ2n) is 6.17. The summed E-state index contributed by atoms with van der Waals surface area (Å²) in [6.07, 6.45) is 7.39. The van der Waals surface area contributed by atoms with Gasteiger partial charge >= 0.3 is 0 Å². The van der Waals surface area contributed by atoms with Crippen molar-refractivity contribution < 1.29 is 13.9 Å². The highest BCUT2D eigenvalue weighted by atomic mass is 19.1. The highest BCUT2D eigenvalue weighted by Gasteiger charge is 2.46. The number of methoxy groups -OCH3 is 1. The van der Waals surface area contributed by atoms with Crippen LogP contribution in [0.25, 0.3) is 10.9 Å². The molecule has 0 fully saturated rings. The second kappa shape index (κ2) is 6.24. The third-order valence-electron chi connectivity index (χ3n) is 4.40. The molecule has 3 rings (SSSR count). The van der Waals surface area contributed by atoms with Crippen molar-refractivity contribution in [2.45, 2.75) is 31.8 Å². The highest BCUT2D eigenvalue weighted by molar-refractivity contribution is 5.80. The first kappa shape index (κ1) is 16.5. The van der Waals surface area contributed by atoms with E-state index < -0.39 is 18.0 Å². The Morgan fingerprint density at radius 2 is 2.04 bits per heavy atom. The number of rotatable bonds is 5. The molecule has 1 aliphatic rings. The van der Waals surface area contributed by atoms with Crippen LogP contribution < -0.4 is 10.1 Å². The zero-order valence-corrected chi connectivity index (χ0v) is 14.0. The smallest absolute Gasteiger partial charge is 0.228 e. The van der Waals surface area contributed by atoms with Crippen LogP contribution in [-0.4, -0.2) is 23.4 Å². The van der Waals surface area contributed by atoms with Gasteiger partial charge in [0.2, 0.25) is 5.72 Å². The fourth-order valence-electron chi connectivity index (χ4n) is 2.67. The Bertz CT molecular complexity index is 801. The lowest BCUT2D eigenvalue weighted by atomic mass is 9.91. The van der Waals surface area contributed by atoms with E-state index in [4.69, 9.17) is 9.47 Å². The van der Waals surface area contributed by atoms with Gasteiger partial charge in [0.05, 0.1) is 5.52 Å². The Morgan fingerprint density at radius 1 is 1.25 bits per heavy atom. The molecule has 5 heteroatoms. The van der Waals surface area contributed by atoms with Crippen LogP contribution in [-0.2, 0) is 11.4 Å². The van der Waals surface area contributed by atoms with Crippen LogP contribution in [0.4, 0.5) is 4.39 Å².